The summed E-state index contributed by atoms with van der Waals surface area (Å²) in [7, 11) is 1.52. The minimum absolute atomic E-state index is 0.301. The van der Waals surface area contributed by atoms with Gasteiger partial charge in [-0.05, 0) is 42.8 Å². The molecule has 7 heteroatoms. The van der Waals surface area contributed by atoms with E-state index in [4.69, 9.17) is 39.5 Å². The zero-order valence-corrected chi connectivity index (χ0v) is 14.8. The molecule has 4 nitrogen and oxygen atoms in total. The van der Waals surface area contributed by atoms with Gasteiger partial charge in [0.2, 0.25) is 0 Å². The number of hydrogen-bond acceptors (Lipinski definition) is 2. The van der Waals surface area contributed by atoms with E-state index in [1.54, 1.807) is 36.4 Å². The van der Waals surface area contributed by atoms with Crippen molar-refractivity contribution in [3.63, 3.8) is 0 Å². The standard InChI is InChI=1S/C16H15Cl3N2O2/c1-9(12-5-3-10(17)7-13(12)19)20-16(22)21-14-8-11(18)4-6-15(14)23-2/h3-9H,1-2H3,(H2,20,21,22). The van der Waals surface area contributed by atoms with Crippen LogP contribution in [0, 0.1) is 0 Å². The zero-order chi connectivity index (χ0) is 17.0. The topological polar surface area (TPSA) is 50.4 Å². The van der Waals surface area contributed by atoms with E-state index in [9.17, 15) is 4.79 Å². The largest absolute Gasteiger partial charge is 0.495 e. The molecule has 0 saturated heterocycles. The molecule has 0 aliphatic rings. The van der Waals surface area contributed by atoms with E-state index in [0.717, 1.165) is 5.56 Å². The number of ether oxygens (including phenoxy) is 1. The number of carbonyl (C=O) groups is 1. The molecule has 0 fully saturated rings. The molecule has 0 spiro atoms. The van der Waals surface area contributed by atoms with Gasteiger partial charge in [-0.1, -0.05) is 40.9 Å². The van der Waals surface area contributed by atoms with Crippen LogP contribution in [0.4, 0.5) is 10.5 Å². The van der Waals surface area contributed by atoms with Crippen molar-refractivity contribution in [2.45, 2.75) is 13.0 Å². The second-order valence-corrected chi connectivity index (χ2v) is 6.11. The SMILES string of the molecule is COc1ccc(Cl)cc1NC(=O)NC(C)c1ccc(Cl)cc1Cl. The third kappa shape index (κ3) is 4.67. The van der Waals surface area contributed by atoms with E-state index in [2.05, 4.69) is 10.6 Å². The van der Waals surface area contributed by atoms with Crippen LogP contribution in [0.25, 0.3) is 0 Å². The predicted octanol–water partition coefficient (Wildman–Crippen LogP) is 5.54. The number of nitrogens with one attached hydrogen (secondary N) is 2. The van der Waals surface area contributed by atoms with Crippen LogP contribution in [-0.4, -0.2) is 13.1 Å². The van der Waals surface area contributed by atoms with Gasteiger partial charge in [-0.3, -0.25) is 0 Å². The van der Waals surface area contributed by atoms with Crippen LogP contribution in [0.1, 0.15) is 18.5 Å². The molecular weight excluding hydrogens is 359 g/mol. The number of amides is 2. The molecule has 1 unspecified atom stereocenters. The van der Waals surface area contributed by atoms with Crippen molar-refractivity contribution in [1.29, 1.82) is 0 Å². The third-order valence-electron chi connectivity index (χ3n) is 3.19. The molecular formula is C16H15Cl3N2O2. The van der Waals surface area contributed by atoms with Gasteiger partial charge in [0.15, 0.2) is 0 Å². The van der Waals surface area contributed by atoms with Crippen LogP contribution in [-0.2, 0) is 0 Å². The normalized spacial score (nSPS) is 11.7. The molecule has 0 radical (unpaired) electrons. The number of urea groups is 1. The lowest BCUT2D eigenvalue weighted by Gasteiger charge is -2.17. The Morgan fingerprint density at radius 1 is 1.09 bits per heavy atom. The van der Waals surface area contributed by atoms with Gasteiger partial charge in [-0.15, -0.1) is 0 Å². The van der Waals surface area contributed by atoms with Crippen LogP contribution in [0.3, 0.4) is 0 Å². The van der Waals surface area contributed by atoms with Crippen LogP contribution in [0.15, 0.2) is 36.4 Å². The summed E-state index contributed by atoms with van der Waals surface area (Å²) in [6.07, 6.45) is 0. The average molecular weight is 374 g/mol. The van der Waals surface area contributed by atoms with Crippen molar-refractivity contribution in [3.05, 3.63) is 57.0 Å². The molecule has 2 amide bonds. The number of benzene rings is 2. The summed E-state index contributed by atoms with van der Waals surface area (Å²) < 4.78 is 5.19. The number of hydrogen-bond donors (Lipinski definition) is 2. The highest BCUT2D eigenvalue weighted by Crippen LogP contribution is 2.28. The smallest absolute Gasteiger partial charge is 0.319 e. The second kappa shape index (κ2) is 7.77. The lowest BCUT2D eigenvalue weighted by molar-refractivity contribution is 0.249. The maximum Gasteiger partial charge on any atom is 0.319 e. The molecule has 2 aromatic carbocycles. The highest BCUT2D eigenvalue weighted by molar-refractivity contribution is 6.35. The molecule has 0 bridgehead atoms. The lowest BCUT2D eigenvalue weighted by Crippen LogP contribution is -2.31. The van der Waals surface area contributed by atoms with Crippen LogP contribution in [0.2, 0.25) is 15.1 Å². The van der Waals surface area contributed by atoms with Crippen molar-refractivity contribution in [1.82, 2.24) is 5.32 Å². The molecule has 23 heavy (non-hydrogen) atoms. The van der Waals surface area contributed by atoms with Gasteiger partial charge in [-0.25, -0.2) is 4.79 Å². The highest BCUT2D eigenvalue weighted by atomic mass is 35.5. The third-order valence-corrected chi connectivity index (χ3v) is 3.98. The van der Waals surface area contributed by atoms with E-state index in [-0.39, 0.29) is 6.04 Å². The predicted molar refractivity (Wildman–Crippen MR) is 95.0 cm³/mol. The van der Waals surface area contributed by atoms with Crippen LogP contribution in [0.5, 0.6) is 5.75 Å². The molecule has 2 N–H and O–H groups in total. The molecule has 1 atom stereocenters. The summed E-state index contributed by atoms with van der Waals surface area (Å²) in [6.45, 7) is 1.82. The van der Waals surface area contributed by atoms with Gasteiger partial charge in [0, 0.05) is 15.1 Å². The number of methoxy groups -OCH3 is 1. The minimum atomic E-state index is -0.399. The minimum Gasteiger partial charge on any atom is -0.495 e. The van der Waals surface area contributed by atoms with Crippen LogP contribution < -0.4 is 15.4 Å². The maximum atomic E-state index is 12.2. The van der Waals surface area contributed by atoms with Crippen molar-refractivity contribution in [3.8, 4) is 5.75 Å². The number of anilines is 1. The van der Waals surface area contributed by atoms with Crippen molar-refractivity contribution < 1.29 is 9.53 Å². The quantitative estimate of drug-likeness (QED) is 0.739. The average Bonchev–Trinajstić information content (AvgIpc) is 2.47. The van der Waals surface area contributed by atoms with Crippen molar-refractivity contribution in [2.24, 2.45) is 0 Å². The monoisotopic (exact) mass is 372 g/mol. The lowest BCUT2D eigenvalue weighted by atomic mass is 10.1. The molecule has 2 rings (SSSR count). The Morgan fingerprint density at radius 3 is 2.39 bits per heavy atom. The van der Waals surface area contributed by atoms with Gasteiger partial charge in [0.1, 0.15) is 5.75 Å². The summed E-state index contributed by atoms with van der Waals surface area (Å²) in [5, 5.41) is 7.03. The Bertz CT molecular complexity index is 722. The molecule has 0 aromatic heterocycles. The van der Waals surface area contributed by atoms with E-state index in [0.29, 0.717) is 26.5 Å². The molecule has 0 heterocycles. The Morgan fingerprint density at radius 2 is 1.74 bits per heavy atom. The Labute approximate surface area is 149 Å². The highest BCUT2D eigenvalue weighted by Gasteiger charge is 2.14. The van der Waals surface area contributed by atoms with E-state index in [1.807, 2.05) is 6.92 Å². The molecule has 0 saturated carbocycles. The number of halogens is 3. The molecule has 122 valence electrons. The van der Waals surface area contributed by atoms with E-state index in [1.165, 1.54) is 7.11 Å². The first kappa shape index (κ1) is 17.7. The molecule has 0 aliphatic heterocycles. The summed E-state index contributed by atoms with van der Waals surface area (Å²) in [4.78, 5) is 12.2. The van der Waals surface area contributed by atoms with Gasteiger partial charge in [0.05, 0.1) is 18.8 Å². The number of carbonyl (C=O) groups excluding carboxylic acids is 1. The summed E-state index contributed by atoms with van der Waals surface area (Å²) >= 11 is 18.0. The van der Waals surface area contributed by atoms with E-state index < -0.39 is 6.03 Å². The van der Waals surface area contributed by atoms with Gasteiger partial charge >= 0.3 is 6.03 Å². The fourth-order valence-corrected chi connectivity index (χ4v) is 2.81. The molecule has 0 aliphatic carbocycles. The fraction of sp³-hybridized carbons (Fsp3) is 0.188. The Hall–Kier alpha value is -1.62. The maximum absolute atomic E-state index is 12.2. The second-order valence-electron chi connectivity index (χ2n) is 4.83. The summed E-state index contributed by atoms with van der Waals surface area (Å²) in [5.74, 6) is 0.515. The van der Waals surface area contributed by atoms with Crippen molar-refractivity contribution >= 4 is 46.5 Å². The van der Waals surface area contributed by atoms with Gasteiger partial charge in [-0.2, -0.15) is 0 Å². The Kier molecular flexibility index (Phi) is 5.99. The summed E-state index contributed by atoms with van der Waals surface area (Å²) in [5.41, 5.74) is 1.25. The number of rotatable bonds is 4. The van der Waals surface area contributed by atoms with Crippen molar-refractivity contribution in [2.75, 3.05) is 12.4 Å². The fourth-order valence-electron chi connectivity index (χ4n) is 2.06. The first-order chi connectivity index (χ1) is 10.9. The van der Waals surface area contributed by atoms with Gasteiger partial charge in [0.25, 0.3) is 0 Å². The summed E-state index contributed by atoms with van der Waals surface area (Å²) in [6, 6.07) is 9.40. The molecule has 2 aromatic rings. The first-order valence-corrected chi connectivity index (χ1v) is 7.90. The zero-order valence-electron chi connectivity index (χ0n) is 12.5. The van der Waals surface area contributed by atoms with E-state index >= 15 is 0 Å². The van der Waals surface area contributed by atoms with Gasteiger partial charge < -0.3 is 15.4 Å². The first-order valence-electron chi connectivity index (χ1n) is 6.76. The Balaban J connectivity index is 2.09. The van der Waals surface area contributed by atoms with Crippen LogP contribution >= 0.6 is 34.8 Å².